The van der Waals surface area contributed by atoms with Crippen LogP contribution in [-0.4, -0.2) is 37.7 Å². The van der Waals surface area contributed by atoms with Crippen molar-refractivity contribution in [1.29, 1.82) is 0 Å². The summed E-state index contributed by atoms with van der Waals surface area (Å²) in [6.45, 7) is 1.12. The summed E-state index contributed by atoms with van der Waals surface area (Å²) in [7, 11) is -3.72. The lowest BCUT2D eigenvalue weighted by atomic mass is 10.3. The third-order valence-corrected chi connectivity index (χ3v) is 5.59. The molecule has 0 saturated heterocycles. The van der Waals surface area contributed by atoms with Gasteiger partial charge < -0.3 is 14.5 Å². The standard InChI is InChI=1S/C17H17N3O5S/c21-17-19-13-3-1-2-4-14(13)20(17)8-7-18-26(22,23)12-5-6-15-16(11-12)25-10-9-24-15/h1-6,11,18H,7-10H2,(H,19,21). The van der Waals surface area contributed by atoms with Crippen molar-refractivity contribution in [2.75, 3.05) is 19.8 Å². The van der Waals surface area contributed by atoms with Gasteiger partial charge >= 0.3 is 5.69 Å². The zero-order valence-corrected chi connectivity index (χ0v) is 14.6. The molecule has 0 fully saturated rings. The van der Waals surface area contributed by atoms with E-state index in [2.05, 4.69) is 9.71 Å². The number of para-hydroxylation sites is 2. The van der Waals surface area contributed by atoms with Gasteiger partial charge in [0, 0.05) is 19.2 Å². The van der Waals surface area contributed by atoms with Crippen LogP contribution in [-0.2, 0) is 16.6 Å². The summed E-state index contributed by atoms with van der Waals surface area (Å²) < 4.78 is 39.8. The lowest BCUT2D eigenvalue weighted by molar-refractivity contribution is 0.171. The number of sulfonamides is 1. The Labute approximate surface area is 149 Å². The van der Waals surface area contributed by atoms with E-state index in [9.17, 15) is 13.2 Å². The Kier molecular flexibility index (Phi) is 4.17. The van der Waals surface area contributed by atoms with E-state index in [4.69, 9.17) is 9.47 Å². The summed E-state index contributed by atoms with van der Waals surface area (Å²) in [4.78, 5) is 14.9. The van der Waals surface area contributed by atoms with Crippen LogP contribution in [0.3, 0.4) is 0 Å². The normalized spacial score (nSPS) is 13.8. The van der Waals surface area contributed by atoms with Crippen LogP contribution in [0.4, 0.5) is 0 Å². The first-order valence-electron chi connectivity index (χ1n) is 8.11. The fourth-order valence-corrected chi connectivity index (χ4v) is 3.93. The van der Waals surface area contributed by atoms with Gasteiger partial charge in [0.1, 0.15) is 13.2 Å². The minimum Gasteiger partial charge on any atom is -0.486 e. The van der Waals surface area contributed by atoms with E-state index in [1.54, 1.807) is 12.1 Å². The Morgan fingerprint density at radius 3 is 2.69 bits per heavy atom. The Bertz CT molecular complexity index is 1120. The number of ether oxygens (including phenoxy) is 2. The van der Waals surface area contributed by atoms with Crippen molar-refractivity contribution in [1.82, 2.24) is 14.3 Å². The molecule has 0 saturated carbocycles. The first-order valence-corrected chi connectivity index (χ1v) is 9.60. The summed E-state index contributed by atoms with van der Waals surface area (Å²) in [5.41, 5.74) is 1.17. The quantitative estimate of drug-likeness (QED) is 0.695. The van der Waals surface area contributed by atoms with Crippen LogP contribution in [0.25, 0.3) is 11.0 Å². The van der Waals surface area contributed by atoms with Crippen molar-refractivity contribution in [3.05, 3.63) is 52.9 Å². The van der Waals surface area contributed by atoms with Gasteiger partial charge in [-0.3, -0.25) is 4.57 Å². The van der Waals surface area contributed by atoms with Crippen molar-refractivity contribution >= 4 is 21.1 Å². The van der Waals surface area contributed by atoms with Crippen molar-refractivity contribution in [3.63, 3.8) is 0 Å². The van der Waals surface area contributed by atoms with Gasteiger partial charge in [-0.2, -0.15) is 0 Å². The summed E-state index contributed by atoms with van der Waals surface area (Å²) in [5, 5.41) is 0. The van der Waals surface area contributed by atoms with Gasteiger partial charge in [-0.25, -0.2) is 17.9 Å². The number of benzene rings is 2. The minimum absolute atomic E-state index is 0.0819. The molecule has 0 atom stereocenters. The smallest absolute Gasteiger partial charge is 0.326 e. The zero-order valence-electron chi connectivity index (χ0n) is 13.8. The van der Waals surface area contributed by atoms with E-state index in [1.807, 2.05) is 18.2 Å². The van der Waals surface area contributed by atoms with E-state index in [0.717, 1.165) is 5.52 Å². The molecule has 9 heteroatoms. The number of aromatic nitrogens is 2. The summed E-state index contributed by atoms with van der Waals surface area (Å²) >= 11 is 0. The number of aromatic amines is 1. The SMILES string of the molecule is O=c1[nH]c2ccccc2n1CCNS(=O)(=O)c1ccc2c(c1)OCCO2. The molecule has 0 amide bonds. The Morgan fingerprint density at radius 1 is 1.08 bits per heavy atom. The molecule has 26 heavy (non-hydrogen) atoms. The van der Waals surface area contributed by atoms with Gasteiger partial charge in [0.2, 0.25) is 10.0 Å². The van der Waals surface area contributed by atoms with E-state index in [-0.39, 0.29) is 23.7 Å². The summed E-state index contributed by atoms with van der Waals surface area (Å²) in [6, 6.07) is 11.7. The second-order valence-corrected chi connectivity index (χ2v) is 7.57. The Hall–Kier alpha value is -2.78. The fraction of sp³-hybridized carbons (Fsp3) is 0.235. The number of hydrogen-bond donors (Lipinski definition) is 2. The molecule has 4 rings (SSSR count). The Balaban J connectivity index is 1.50. The molecule has 0 bridgehead atoms. The van der Waals surface area contributed by atoms with Crippen LogP contribution in [0.1, 0.15) is 0 Å². The topological polar surface area (TPSA) is 102 Å². The predicted molar refractivity (Wildman–Crippen MR) is 95.2 cm³/mol. The lowest BCUT2D eigenvalue weighted by Gasteiger charge is -2.19. The van der Waals surface area contributed by atoms with Crippen molar-refractivity contribution in [3.8, 4) is 11.5 Å². The molecule has 0 aliphatic carbocycles. The molecule has 136 valence electrons. The van der Waals surface area contributed by atoms with Gasteiger partial charge in [0.05, 0.1) is 15.9 Å². The molecule has 3 aromatic rings. The maximum atomic E-state index is 12.5. The van der Waals surface area contributed by atoms with Gasteiger partial charge in [-0.1, -0.05) is 12.1 Å². The van der Waals surface area contributed by atoms with Gasteiger partial charge in [-0.05, 0) is 24.3 Å². The largest absolute Gasteiger partial charge is 0.486 e. The maximum absolute atomic E-state index is 12.5. The Morgan fingerprint density at radius 2 is 1.85 bits per heavy atom. The number of hydrogen-bond acceptors (Lipinski definition) is 5. The third-order valence-electron chi connectivity index (χ3n) is 4.13. The van der Waals surface area contributed by atoms with Crippen molar-refractivity contribution in [2.45, 2.75) is 11.4 Å². The lowest BCUT2D eigenvalue weighted by Crippen LogP contribution is -2.30. The number of nitrogens with one attached hydrogen (secondary N) is 2. The van der Waals surface area contributed by atoms with Crippen LogP contribution in [0, 0.1) is 0 Å². The molecule has 0 spiro atoms. The van der Waals surface area contributed by atoms with Gasteiger partial charge in [-0.15, -0.1) is 0 Å². The number of imidazole rings is 1. The molecule has 0 radical (unpaired) electrons. The monoisotopic (exact) mass is 375 g/mol. The molecule has 8 nitrogen and oxygen atoms in total. The van der Waals surface area contributed by atoms with E-state index >= 15 is 0 Å². The third kappa shape index (κ3) is 3.06. The molecule has 0 unspecified atom stereocenters. The highest BCUT2D eigenvalue weighted by Crippen LogP contribution is 2.32. The second-order valence-electron chi connectivity index (χ2n) is 5.80. The zero-order chi connectivity index (χ0) is 18.1. The first-order chi connectivity index (χ1) is 12.5. The second kappa shape index (κ2) is 6.50. The highest BCUT2D eigenvalue weighted by molar-refractivity contribution is 7.89. The van der Waals surface area contributed by atoms with Gasteiger partial charge in [0.25, 0.3) is 0 Å². The number of H-pyrrole nitrogens is 1. The number of rotatable bonds is 5. The average molecular weight is 375 g/mol. The molecule has 1 aliphatic heterocycles. The molecule has 2 heterocycles. The molecule has 1 aromatic heterocycles. The number of nitrogens with zero attached hydrogens (tertiary/aromatic N) is 1. The van der Waals surface area contributed by atoms with Crippen LogP contribution in [0.15, 0.2) is 52.2 Å². The van der Waals surface area contributed by atoms with E-state index < -0.39 is 10.0 Å². The van der Waals surface area contributed by atoms with Gasteiger partial charge in [0.15, 0.2) is 11.5 Å². The van der Waals surface area contributed by atoms with Crippen molar-refractivity contribution < 1.29 is 17.9 Å². The highest BCUT2D eigenvalue weighted by atomic mass is 32.2. The average Bonchev–Trinajstić information content (AvgIpc) is 2.97. The van der Waals surface area contributed by atoms with Crippen LogP contribution >= 0.6 is 0 Å². The number of fused-ring (bicyclic) bond motifs is 2. The minimum atomic E-state index is -3.72. The summed E-state index contributed by atoms with van der Waals surface area (Å²) in [6.07, 6.45) is 0. The van der Waals surface area contributed by atoms with E-state index in [0.29, 0.717) is 30.2 Å². The first kappa shape index (κ1) is 16.7. The van der Waals surface area contributed by atoms with Crippen LogP contribution in [0.5, 0.6) is 11.5 Å². The molecule has 2 N–H and O–H groups in total. The van der Waals surface area contributed by atoms with Crippen LogP contribution in [0.2, 0.25) is 0 Å². The predicted octanol–water partition coefficient (Wildman–Crippen LogP) is 1.08. The molecule has 2 aromatic carbocycles. The summed E-state index contributed by atoms with van der Waals surface area (Å²) in [5.74, 6) is 0.938. The highest BCUT2D eigenvalue weighted by Gasteiger charge is 2.19. The van der Waals surface area contributed by atoms with Crippen molar-refractivity contribution in [2.24, 2.45) is 0 Å². The van der Waals surface area contributed by atoms with Crippen LogP contribution < -0.4 is 19.9 Å². The maximum Gasteiger partial charge on any atom is 0.326 e. The molecule has 1 aliphatic rings. The van der Waals surface area contributed by atoms with E-state index in [1.165, 1.54) is 16.7 Å². The fourth-order valence-electron chi connectivity index (χ4n) is 2.89. The molecular formula is C17H17N3O5S. The molecular weight excluding hydrogens is 358 g/mol.